The maximum atomic E-state index is 11.8. The van der Waals surface area contributed by atoms with Crippen LogP contribution in [0.4, 0.5) is 0 Å². The van der Waals surface area contributed by atoms with Crippen LogP contribution in [0.25, 0.3) is 0 Å². The Kier molecular flexibility index (Phi) is 14.2. The quantitative estimate of drug-likeness (QED) is 0.147. The van der Waals surface area contributed by atoms with Crippen LogP contribution in [0.2, 0.25) is 0 Å². The van der Waals surface area contributed by atoms with E-state index in [-0.39, 0.29) is 6.42 Å². The number of carbonyl (C=O) groups is 1. The summed E-state index contributed by atoms with van der Waals surface area (Å²) in [6, 6.07) is 0. The minimum absolute atomic E-state index is 0.160. The number of quaternary nitrogens is 1. The van der Waals surface area contributed by atoms with Crippen molar-refractivity contribution in [2.75, 3.05) is 21.1 Å². The molecule has 0 aromatic heterocycles. The fourth-order valence-corrected chi connectivity index (χ4v) is 4.95. The van der Waals surface area contributed by atoms with Crippen molar-refractivity contribution < 1.29 is 27.4 Å². The van der Waals surface area contributed by atoms with Crippen LogP contribution in [0.5, 0.6) is 0 Å². The van der Waals surface area contributed by atoms with Gasteiger partial charge in [0, 0.05) is 6.42 Å². The summed E-state index contributed by atoms with van der Waals surface area (Å²) in [6.45, 7) is 2.21. The van der Waals surface area contributed by atoms with Crippen LogP contribution in [0.1, 0.15) is 90.4 Å². The largest absolute Gasteiger partial charge is 0.543 e. The second-order valence-electron chi connectivity index (χ2n) is 8.89. The molecule has 176 valence electrons. The Bertz CT molecular complexity index is 634. The predicted molar refractivity (Wildman–Crippen MR) is 121 cm³/mol. The maximum absolute atomic E-state index is 11.8. The zero-order chi connectivity index (χ0) is 23.1. The van der Waals surface area contributed by atoms with Crippen molar-refractivity contribution in [3.8, 4) is 0 Å². The molecule has 1 unspecified atom stereocenters. The highest BCUT2D eigenvalue weighted by Crippen LogP contribution is 2.31. The number of nitrogens with zero attached hydrogens (tertiary/aromatic N) is 1. The SMILES string of the molecule is CCCCC/C=C\C/C=C\CCCCCCCCC(C(=O)[O-])([N+](C)(C)C)S(=O)(=O)O. The third-order valence-corrected chi connectivity index (χ3v) is 7.32. The molecule has 0 aromatic rings. The van der Waals surface area contributed by atoms with Crippen molar-refractivity contribution in [3.63, 3.8) is 0 Å². The summed E-state index contributed by atoms with van der Waals surface area (Å²) in [6.07, 6.45) is 21.1. The molecule has 0 fully saturated rings. The summed E-state index contributed by atoms with van der Waals surface area (Å²) in [5.41, 5.74) is 0. The standard InChI is InChI=1S/C23H43NO5S/c1-5-6-7-8-9-10-11-12-13-14-15-16-17-18-19-20-21-23(22(25)26,24(2,3)4)30(27,28)29/h9-10,12-13H,5-8,11,14-21H2,1-4H3,(H-,25,26,27,28,29)/b10-9-,13-12-. The number of carbonyl (C=O) groups excluding carboxylic acids is 1. The third kappa shape index (κ3) is 10.2. The number of unbranched alkanes of at least 4 members (excludes halogenated alkanes) is 9. The van der Waals surface area contributed by atoms with Gasteiger partial charge in [0.05, 0.1) is 21.1 Å². The molecule has 0 aliphatic carbocycles. The van der Waals surface area contributed by atoms with Crippen LogP contribution < -0.4 is 5.11 Å². The molecule has 0 saturated heterocycles. The Morgan fingerprint density at radius 2 is 1.33 bits per heavy atom. The summed E-state index contributed by atoms with van der Waals surface area (Å²) in [5.74, 6) is -1.75. The van der Waals surface area contributed by atoms with Gasteiger partial charge in [-0.3, -0.25) is 4.55 Å². The number of carboxylic acid groups (broad SMARTS) is 1. The molecule has 0 aromatic carbocycles. The molecule has 0 heterocycles. The smallest absolute Gasteiger partial charge is 0.328 e. The molecule has 0 amide bonds. The fourth-order valence-electron chi connectivity index (χ4n) is 3.64. The van der Waals surface area contributed by atoms with Crippen LogP contribution in [0, 0.1) is 0 Å². The number of likely N-dealkylation sites (N-methyl/N-ethyl adjacent to an activating group) is 1. The van der Waals surface area contributed by atoms with E-state index in [4.69, 9.17) is 0 Å². The molecule has 0 aliphatic rings. The molecule has 0 aliphatic heterocycles. The van der Waals surface area contributed by atoms with Crippen LogP contribution in [-0.2, 0) is 14.9 Å². The van der Waals surface area contributed by atoms with Gasteiger partial charge in [-0.05, 0) is 38.5 Å². The molecule has 0 radical (unpaired) electrons. The number of carboxylic acids is 1. The van der Waals surface area contributed by atoms with Crippen molar-refractivity contribution in [3.05, 3.63) is 24.3 Å². The number of allylic oxidation sites excluding steroid dienone is 4. The fraction of sp³-hybridized carbons (Fsp3) is 0.783. The topological polar surface area (TPSA) is 94.5 Å². The van der Waals surface area contributed by atoms with E-state index in [0.717, 1.165) is 44.9 Å². The summed E-state index contributed by atoms with van der Waals surface area (Å²) in [7, 11) is -0.475. The minimum Gasteiger partial charge on any atom is -0.543 e. The first-order valence-corrected chi connectivity index (χ1v) is 12.7. The lowest BCUT2D eigenvalue weighted by molar-refractivity contribution is -0.901. The van der Waals surface area contributed by atoms with Gasteiger partial charge in [-0.15, -0.1) is 0 Å². The number of hydrogen-bond acceptors (Lipinski definition) is 4. The van der Waals surface area contributed by atoms with Crippen LogP contribution in [0.15, 0.2) is 24.3 Å². The monoisotopic (exact) mass is 445 g/mol. The molecule has 7 heteroatoms. The van der Waals surface area contributed by atoms with Crippen molar-refractivity contribution >= 4 is 16.1 Å². The van der Waals surface area contributed by atoms with E-state index >= 15 is 0 Å². The molecule has 30 heavy (non-hydrogen) atoms. The zero-order valence-corrected chi connectivity index (χ0v) is 20.3. The lowest BCUT2D eigenvalue weighted by atomic mass is 10.0. The van der Waals surface area contributed by atoms with E-state index in [2.05, 4.69) is 31.2 Å². The summed E-state index contributed by atoms with van der Waals surface area (Å²) in [5, 5.41) is 11.6. The Hall–Kier alpha value is -1.18. The van der Waals surface area contributed by atoms with Gasteiger partial charge < -0.3 is 14.4 Å². The minimum atomic E-state index is -4.81. The van der Waals surface area contributed by atoms with E-state index in [9.17, 15) is 22.9 Å². The molecule has 1 N–H and O–H groups in total. The zero-order valence-electron chi connectivity index (χ0n) is 19.4. The van der Waals surface area contributed by atoms with E-state index in [1.165, 1.54) is 46.8 Å². The Labute approximate surface area is 184 Å². The van der Waals surface area contributed by atoms with E-state index in [0.29, 0.717) is 6.42 Å². The Balaban J connectivity index is 4.03. The second kappa shape index (κ2) is 14.8. The van der Waals surface area contributed by atoms with Gasteiger partial charge in [0.2, 0.25) is 0 Å². The van der Waals surface area contributed by atoms with Gasteiger partial charge >= 0.3 is 10.1 Å². The average Bonchev–Trinajstić information content (AvgIpc) is 2.61. The molecule has 0 saturated carbocycles. The maximum Gasteiger partial charge on any atom is 0.328 e. The normalized spacial score (nSPS) is 15.1. The Morgan fingerprint density at radius 1 is 0.867 bits per heavy atom. The predicted octanol–water partition coefficient (Wildman–Crippen LogP) is 4.23. The van der Waals surface area contributed by atoms with Crippen molar-refractivity contribution in [2.45, 2.75) is 95.3 Å². The molecule has 6 nitrogen and oxygen atoms in total. The summed E-state index contributed by atoms with van der Waals surface area (Å²) < 4.78 is 32.8. The van der Waals surface area contributed by atoms with E-state index in [1.54, 1.807) is 0 Å². The van der Waals surface area contributed by atoms with Gasteiger partial charge in [0.1, 0.15) is 5.97 Å². The average molecular weight is 446 g/mol. The highest BCUT2D eigenvalue weighted by molar-refractivity contribution is 7.87. The highest BCUT2D eigenvalue weighted by Gasteiger charge is 2.55. The van der Waals surface area contributed by atoms with Gasteiger partial charge in [-0.2, -0.15) is 8.42 Å². The van der Waals surface area contributed by atoms with Crippen molar-refractivity contribution in [1.29, 1.82) is 0 Å². The van der Waals surface area contributed by atoms with E-state index in [1.807, 2.05) is 0 Å². The van der Waals surface area contributed by atoms with Crippen molar-refractivity contribution in [2.24, 2.45) is 0 Å². The van der Waals surface area contributed by atoms with Gasteiger partial charge in [0.25, 0.3) is 4.87 Å². The first-order valence-electron chi connectivity index (χ1n) is 11.3. The molecular formula is C23H43NO5S. The van der Waals surface area contributed by atoms with Crippen LogP contribution in [0.3, 0.4) is 0 Å². The summed E-state index contributed by atoms with van der Waals surface area (Å²) >= 11 is 0. The number of rotatable bonds is 18. The summed E-state index contributed by atoms with van der Waals surface area (Å²) in [4.78, 5) is 9.30. The van der Waals surface area contributed by atoms with Gasteiger partial charge in [-0.1, -0.05) is 69.8 Å². The highest BCUT2D eigenvalue weighted by atomic mass is 32.2. The first-order chi connectivity index (χ1) is 14.0. The van der Waals surface area contributed by atoms with Crippen LogP contribution >= 0.6 is 0 Å². The van der Waals surface area contributed by atoms with Crippen molar-refractivity contribution in [1.82, 2.24) is 0 Å². The first kappa shape index (κ1) is 28.8. The van der Waals surface area contributed by atoms with Gasteiger partial charge in [0.15, 0.2) is 0 Å². The van der Waals surface area contributed by atoms with Gasteiger partial charge in [-0.25, -0.2) is 0 Å². The molecule has 0 rings (SSSR count). The Morgan fingerprint density at radius 3 is 1.77 bits per heavy atom. The lowest BCUT2D eigenvalue weighted by Crippen LogP contribution is -2.69. The number of hydrogen-bond donors (Lipinski definition) is 1. The van der Waals surface area contributed by atoms with Crippen LogP contribution in [-0.4, -0.2) is 49.4 Å². The van der Waals surface area contributed by atoms with E-state index < -0.39 is 25.4 Å². The molecule has 0 bridgehead atoms. The number of aliphatic carboxylic acids is 1. The second-order valence-corrected chi connectivity index (χ2v) is 10.5. The molecule has 1 atom stereocenters. The molecule has 0 spiro atoms. The third-order valence-electron chi connectivity index (χ3n) is 5.55. The molecular weight excluding hydrogens is 402 g/mol. The lowest BCUT2D eigenvalue weighted by Gasteiger charge is -2.43.